The normalized spacial score (nSPS) is 11.4. The lowest BCUT2D eigenvalue weighted by molar-refractivity contribution is 0.0697. The molecule has 0 unspecified atom stereocenters. The molecule has 6 heteroatoms. The number of allylic oxidation sites excluding steroid dienone is 1. The summed E-state index contributed by atoms with van der Waals surface area (Å²) in [6, 6.07) is 23.9. The Hall–Kier alpha value is -3.88. The van der Waals surface area contributed by atoms with Gasteiger partial charge in [-0.2, -0.15) is 10.4 Å². The molecule has 0 atom stereocenters. The van der Waals surface area contributed by atoms with Gasteiger partial charge < -0.3 is 5.11 Å². The Kier molecular flexibility index (Phi) is 5.34. The number of nitriles is 1. The van der Waals surface area contributed by atoms with Gasteiger partial charge >= 0.3 is 5.97 Å². The highest BCUT2D eigenvalue weighted by atomic mass is 35.5. The van der Waals surface area contributed by atoms with E-state index in [2.05, 4.69) is 6.07 Å². The van der Waals surface area contributed by atoms with Gasteiger partial charge in [-0.15, -0.1) is 0 Å². The summed E-state index contributed by atoms with van der Waals surface area (Å²) in [7, 11) is 0. The second-order valence-corrected chi connectivity index (χ2v) is 7.18. The van der Waals surface area contributed by atoms with Crippen molar-refractivity contribution in [3.05, 3.63) is 100 Å². The maximum atomic E-state index is 11.1. The van der Waals surface area contributed by atoms with Crippen LogP contribution in [0.2, 0.25) is 5.02 Å². The molecule has 0 saturated carbocycles. The fraction of sp³-hybridized carbons (Fsp3) is 0.0417. The molecular formula is C24H16ClN3O2. The van der Waals surface area contributed by atoms with Gasteiger partial charge in [-0.25, -0.2) is 4.79 Å². The number of carboxylic acid groups (broad SMARTS) is 1. The van der Waals surface area contributed by atoms with E-state index < -0.39 is 5.97 Å². The number of halogens is 1. The second kappa shape index (κ2) is 8.24. The minimum absolute atomic E-state index is 0.170. The topological polar surface area (TPSA) is 78.9 Å². The fourth-order valence-corrected chi connectivity index (χ4v) is 3.43. The van der Waals surface area contributed by atoms with Crippen LogP contribution in [0.1, 0.15) is 27.2 Å². The lowest BCUT2D eigenvalue weighted by Gasteiger charge is -2.03. The minimum Gasteiger partial charge on any atom is -0.478 e. The Bertz CT molecular complexity index is 1300. The first-order valence-electron chi connectivity index (χ1n) is 9.20. The van der Waals surface area contributed by atoms with Gasteiger partial charge in [-0.1, -0.05) is 54.1 Å². The number of aromatic nitrogens is 2. The Morgan fingerprint density at radius 1 is 1.07 bits per heavy atom. The number of aromatic carboxylic acids is 1. The maximum absolute atomic E-state index is 11.1. The SMILES string of the molecule is N#C/C(=C\c1nn(Cc2ccccc2)c2cc(Cl)ccc12)c1ccc(C(=O)O)cc1. The smallest absolute Gasteiger partial charge is 0.335 e. The molecule has 0 saturated heterocycles. The van der Waals surface area contributed by atoms with E-state index in [0.29, 0.717) is 28.4 Å². The van der Waals surface area contributed by atoms with Crippen molar-refractivity contribution < 1.29 is 9.90 Å². The molecule has 1 N–H and O–H groups in total. The zero-order chi connectivity index (χ0) is 21.1. The molecule has 0 fully saturated rings. The third-order valence-electron chi connectivity index (χ3n) is 4.76. The summed E-state index contributed by atoms with van der Waals surface area (Å²) in [5.41, 5.74) is 3.81. The molecule has 0 bridgehead atoms. The minimum atomic E-state index is -1.01. The standard InChI is InChI=1S/C24H16ClN3O2/c25-20-10-11-21-22(12-19(14-26)17-6-8-18(9-7-17)24(29)30)27-28(23(21)13-20)15-16-4-2-1-3-5-16/h1-13H,15H2,(H,29,30)/b19-12+. The van der Waals surface area contributed by atoms with Gasteiger partial charge in [0, 0.05) is 10.4 Å². The molecule has 3 aromatic carbocycles. The van der Waals surface area contributed by atoms with E-state index in [-0.39, 0.29) is 5.56 Å². The molecule has 0 amide bonds. The fourth-order valence-electron chi connectivity index (χ4n) is 3.27. The van der Waals surface area contributed by atoms with Gasteiger partial charge in [0.2, 0.25) is 0 Å². The maximum Gasteiger partial charge on any atom is 0.335 e. The number of carboxylic acids is 1. The lowest BCUT2D eigenvalue weighted by atomic mass is 10.0. The van der Waals surface area contributed by atoms with E-state index in [1.807, 2.05) is 47.1 Å². The summed E-state index contributed by atoms with van der Waals surface area (Å²) in [5, 5.41) is 25.0. The number of hydrogen-bond acceptors (Lipinski definition) is 3. The number of carbonyl (C=O) groups is 1. The largest absolute Gasteiger partial charge is 0.478 e. The molecule has 30 heavy (non-hydrogen) atoms. The molecule has 1 aromatic heterocycles. The predicted molar refractivity (Wildman–Crippen MR) is 117 cm³/mol. The van der Waals surface area contributed by atoms with Crippen LogP contribution >= 0.6 is 11.6 Å². The highest BCUT2D eigenvalue weighted by molar-refractivity contribution is 6.31. The highest BCUT2D eigenvalue weighted by Gasteiger charge is 2.12. The zero-order valence-electron chi connectivity index (χ0n) is 15.8. The third-order valence-corrected chi connectivity index (χ3v) is 5.00. The average molecular weight is 414 g/mol. The predicted octanol–water partition coefficient (Wildman–Crippen LogP) is 5.50. The summed E-state index contributed by atoms with van der Waals surface area (Å²) in [6.45, 7) is 0.570. The van der Waals surface area contributed by atoms with E-state index in [4.69, 9.17) is 21.8 Å². The monoisotopic (exact) mass is 413 g/mol. The van der Waals surface area contributed by atoms with E-state index >= 15 is 0 Å². The van der Waals surface area contributed by atoms with Crippen molar-refractivity contribution in [1.29, 1.82) is 5.26 Å². The third kappa shape index (κ3) is 3.95. The van der Waals surface area contributed by atoms with Crippen LogP contribution in [0, 0.1) is 11.3 Å². The lowest BCUT2D eigenvalue weighted by Crippen LogP contribution is -2.01. The molecule has 0 radical (unpaired) electrons. The number of hydrogen-bond donors (Lipinski definition) is 1. The van der Waals surface area contributed by atoms with E-state index in [9.17, 15) is 10.1 Å². The molecule has 4 rings (SSSR count). The quantitative estimate of drug-likeness (QED) is 0.438. The number of fused-ring (bicyclic) bond motifs is 1. The van der Waals surface area contributed by atoms with Crippen molar-refractivity contribution in [2.24, 2.45) is 0 Å². The number of rotatable bonds is 5. The van der Waals surface area contributed by atoms with Crippen LogP contribution in [-0.2, 0) is 6.54 Å². The highest BCUT2D eigenvalue weighted by Crippen LogP contribution is 2.27. The first-order chi connectivity index (χ1) is 14.5. The van der Waals surface area contributed by atoms with Crippen LogP contribution in [-0.4, -0.2) is 20.9 Å². The van der Waals surface area contributed by atoms with Gasteiger partial charge in [0.1, 0.15) is 0 Å². The van der Waals surface area contributed by atoms with Crippen molar-refractivity contribution in [2.75, 3.05) is 0 Å². The zero-order valence-corrected chi connectivity index (χ0v) is 16.5. The first-order valence-corrected chi connectivity index (χ1v) is 9.58. The molecular weight excluding hydrogens is 398 g/mol. The average Bonchev–Trinajstić information content (AvgIpc) is 3.09. The van der Waals surface area contributed by atoms with Crippen molar-refractivity contribution >= 4 is 40.1 Å². The van der Waals surface area contributed by atoms with Gasteiger partial charge in [0.25, 0.3) is 0 Å². The Morgan fingerprint density at radius 2 is 1.77 bits per heavy atom. The van der Waals surface area contributed by atoms with Crippen LogP contribution in [0.3, 0.4) is 0 Å². The summed E-state index contributed by atoms with van der Waals surface area (Å²) in [6.07, 6.45) is 1.72. The van der Waals surface area contributed by atoms with Crippen molar-refractivity contribution in [3.63, 3.8) is 0 Å². The van der Waals surface area contributed by atoms with E-state index in [1.54, 1.807) is 24.3 Å². The summed E-state index contributed by atoms with van der Waals surface area (Å²) >= 11 is 6.22. The molecule has 146 valence electrons. The molecule has 5 nitrogen and oxygen atoms in total. The molecule has 0 aliphatic heterocycles. The summed E-state index contributed by atoms with van der Waals surface area (Å²) in [5.74, 6) is -1.01. The number of nitrogens with zero attached hydrogens (tertiary/aromatic N) is 3. The van der Waals surface area contributed by atoms with Gasteiger partial charge in [-0.3, -0.25) is 4.68 Å². The van der Waals surface area contributed by atoms with Crippen LogP contribution in [0.25, 0.3) is 22.6 Å². The first kappa shape index (κ1) is 19.4. The van der Waals surface area contributed by atoms with Gasteiger partial charge in [0.15, 0.2) is 0 Å². The van der Waals surface area contributed by atoms with Crippen LogP contribution in [0.5, 0.6) is 0 Å². The number of benzene rings is 3. The van der Waals surface area contributed by atoms with Crippen LogP contribution in [0.4, 0.5) is 0 Å². The van der Waals surface area contributed by atoms with E-state index in [0.717, 1.165) is 16.5 Å². The molecule has 0 spiro atoms. The second-order valence-electron chi connectivity index (χ2n) is 6.74. The van der Waals surface area contributed by atoms with Crippen LogP contribution < -0.4 is 0 Å². The van der Waals surface area contributed by atoms with Crippen LogP contribution in [0.15, 0.2) is 72.8 Å². The summed E-state index contributed by atoms with van der Waals surface area (Å²) < 4.78 is 1.87. The molecule has 1 heterocycles. The molecule has 4 aromatic rings. The van der Waals surface area contributed by atoms with Crippen molar-refractivity contribution in [3.8, 4) is 6.07 Å². The Labute approximate surface area is 178 Å². The Morgan fingerprint density at radius 3 is 2.43 bits per heavy atom. The van der Waals surface area contributed by atoms with Gasteiger partial charge in [0.05, 0.1) is 35.0 Å². The Balaban J connectivity index is 1.79. The summed E-state index contributed by atoms with van der Waals surface area (Å²) in [4.78, 5) is 11.1. The van der Waals surface area contributed by atoms with Crippen molar-refractivity contribution in [1.82, 2.24) is 9.78 Å². The van der Waals surface area contributed by atoms with E-state index in [1.165, 1.54) is 12.1 Å². The molecule has 0 aliphatic rings. The van der Waals surface area contributed by atoms with Crippen molar-refractivity contribution in [2.45, 2.75) is 6.54 Å². The molecule has 0 aliphatic carbocycles. The van der Waals surface area contributed by atoms with Gasteiger partial charge in [-0.05, 0) is 47.5 Å².